The molecule has 0 saturated carbocycles. The van der Waals surface area contributed by atoms with E-state index in [0.29, 0.717) is 30.4 Å². The van der Waals surface area contributed by atoms with E-state index in [-0.39, 0.29) is 12.0 Å². The van der Waals surface area contributed by atoms with Crippen molar-refractivity contribution in [1.29, 1.82) is 0 Å². The van der Waals surface area contributed by atoms with Gasteiger partial charge >= 0.3 is 0 Å². The molecule has 0 radical (unpaired) electrons. The van der Waals surface area contributed by atoms with E-state index in [2.05, 4.69) is 36.2 Å². The van der Waals surface area contributed by atoms with Crippen molar-refractivity contribution in [2.75, 3.05) is 13.1 Å². The Bertz CT molecular complexity index is 908. The molecular weight excluding hydrogens is 412 g/mol. The van der Waals surface area contributed by atoms with Crippen molar-refractivity contribution < 1.29 is 9.53 Å². The monoisotopic (exact) mass is 428 g/mol. The summed E-state index contributed by atoms with van der Waals surface area (Å²) in [6.45, 7) is 1.27. The number of rotatable bonds is 4. The second-order valence-corrected chi connectivity index (χ2v) is 7.10. The Morgan fingerprint density at radius 3 is 2.70 bits per heavy atom. The molecule has 3 aromatic heterocycles. The summed E-state index contributed by atoms with van der Waals surface area (Å²) < 4.78 is 8.35. The minimum absolute atomic E-state index is 0.00869. The summed E-state index contributed by atoms with van der Waals surface area (Å²) in [5.74, 6) is 1.10. The van der Waals surface area contributed by atoms with Gasteiger partial charge < -0.3 is 9.64 Å². The molecule has 1 aliphatic heterocycles. The maximum Gasteiger partial charge on any atom is 0.255 e. The van der Waals surface area contributed by atoms with Crippen LogP contribution < -0.4 is 4.74 Å². The Morgan fingerprint density at radius 1 is 1.19 bits per heavy atom. The highest BCUT2D eigenvalue weighted by molar-refractivity contribution is 9.10. The number of carbonyl (C=O) groups is 1. The molecule has 0 atom stereocenters. The van der Waals surface area contributed by atoms with E-state index < -0.39 is 0 Å². The number of nitrogens with zero attached hydrogens (tertiary/aromatic N) is 6. The molecule has 8 nitrogen and oxygen atoms in total. The number of ether oxygens (including phenoxy) is 1. The summed E-state index contributed by atoms with van der Waals surface area (Å²) in [6, 6.07) is 7.21. The molecule has 27 heavy (non-hydrogen) atoms. The predicted octanol–water partition coefficient (Wildman–Crippen LogP) is 2.50. The Morgan fingerprint density at radius 2 is 2.04 bits per heavy atom. The number of amides is 1. The van der Waals surface area contributed by atoms with Crippen LogP contribution in [0.1, 0.15) is 23.2 Å². The van der Waals surface area contributed by atoms with Gasteiger partial charge in [-0.2, -0.15) is 5.10 Å². The van der Waals surface area contributed by atoms with E-state index in [4.69, 9.17) is 4.74 Å². The van der Waals surface area contributed by atoms with Gasteiger partial charge in [0.1, 0.15) is 6.10 Å². The first-order chi connectivity index (χ1) is 13.2. The Balaban J connectivity index is 1.32. The molecule has 0 N–H and O–H groups in total. The van der Waals surface area contributed by atoms with Gasteiger partial charge in [0.2, 0.25) is 5.88 Å². The molecule has 1 fully saturated rings. The Labute approximate surface area is 164 Å². The third-order valence-corrected chi connectivity index (χ3v) is 4.77. The number of halogens is 1. The fourth-order valence-corrected chi connectivity index (χ4v) is 3.33. The van der Waals surface area contributed by atoms with Crippen molar-refractivity contribution in [3.63, 3.8) is 0 Å². The van der Waals surface area contributed by atoms with Gasteiger partial charge in [0.05, 0.1) is 5.56 Å². The van der Waals surface area contributed by atoms with E-state index >= 15 is 0 Å². The number of aromatic nitrogens is 5. The SMILES string of the molecule is O=C(c1cncc(Br)c1)N1CCC(Oc2ccc(-n3cccn3)nn2)CC1. The van der Waals surface area contributed by atoms with Crippen molar-refractivity contribution >= 4 is 21.8 Å². The van der Waals surface area contributed by atoms with Gasteiger partial charge in [0.15, 0.2) is 5.82 Å². The lowest BCUT2D eigenvalue weighted by molar-refractivity contribution is 0.0585. The summed E-state index contributed by atoms with van der Waals surface area (Å²) >= 11 is 3.35. The quantitative estimate of drug-likeness (QED) is 0.634. The van der Waals surface area contributed by atoms with Crippen LogP contribution in [-0.4, -0.2) is 55.0 Å². The number of carbonyl (C=O) groups excluding carboxylic acids is 1. The summed E-state index contributed by atoms with van der Waals surface area (Å²) in [7, 11) is 0. The molecule has 3 aromatic rings. The highest BCUT2D eigenvalue weighted by Gasteiger charge is 2.25. The van der Waals surface area contributed by atoms with Crippen molar-refractivity contribution in [3.8, 4) is 11.7 Å². The first kappa shape index (κ1) is 17.6. The zero-order chi connectivity index (χ0) is 18.6. The maximum atomic E-state index is 12.6. The van der Waals surface area contributed by atoms with Gasteiger partial charge in [0.25, 0.3) is 5.91 Å². The Hall–Kier alpha value is -2.81. The fourth-order valence-electron chi connectivity index (χ4n) is 2.96. The fraction of sp³-hybridized carbons (Fsp3) is 0.278. The third kappa shape index (κ3) is 4.13. The van der Waals surface area contributed by atoms with Gasteiger partial charge in [-0.3, -0.25) is 9.78 Å². The lowest BCUT2D eigenvalue weighted by Gasteiger charge is -2.31. The minimum atomic E-state index is -0.00869. The van der Waals surface area contributed by atoms with E-state index in [1.807, 2.05) is 17.0 Å². The van der Waals surface area contributed by atoms with Crippen LogP contribution in [0.25, 0.3) is 5.82 Å². The van der Waals surface area contributed by atoms with Crippen LogP contribution in [-0.2, 0) is 0 Å². The molecule has 1 saturated heterocycles. The van der Waals surface area contributed by atoms with E-state index in [1.165, 1.54) is 0 Å². The molecule has 0 aromatic carbocycles. The number of piperidine rings is 1. The van der Waals surface area contributed by atoms with Crippen molar-refractivity contribution in [2.45, 2.75) is 18.9 Å². The van der Waals surface area contributed by atoms with Crippen molar-refractivity contribution in [3.05, 3.63) is 59.1 Å². The lowest BCUT2D eigenvalue weighted by atomic mass is 10.1. The lowest BCUT2D eigenvalue weighted by Crippen LogP contribution is -2.41. The van der Waals surface area contributed by atoms with Crippen LogP contribution in [0.5, 0.6) is 5.88 Å². The van der Waals surface area contributed by atoms with Crippen LogP contribution in [0.3, 0.4) is 0 Å². The molecule has 1 amide bonds. The average molecular weight is 429 g/mol. The molecule has 0 aliphatic carbocycles. The highest BCUT2D eigenvalue weighted by Crippen LogP contribution is 2.19. The normalized spacial score (nSPS) is 14.9. The van der Waals surface area contributed by atoms with Crippen molar-refractivity contribution in [1.82, 2.24) is 29.9 Å². The minimum Gasteiger partial charge on any atom is -0.473 e. The molecule has 138 valence electrons. The number of pyridine rings is 1. The van der Waals surface area contributed by atoms with E-state index in [1.54, 1.807) is 41.6 Å². The Kier molecular flexibility index (Phi) is 5.10. The predicted molar refractivity (Wildman–Crippen MR) is 101 cm³/mol. The zero-order valence-corrected chi connectivity index (χ0v) is 16.0. The molecule has 4 heterocycles. The highest BCUT2D eigenvalue weighted by atomic mass is 79.9. The molecule has 9 heteroatoms. The van der Waals surface area contributed by atoms with Gasteiger partial charge in [-0.1, -0.05) is 0 Å². The van der Waals surface area contributed by atoms with Gasteiger partial charge in [-0.25, -0.2) is 4.68 Å². The molecular formula is C18H17BrN6O2. The number of hydrogen-bond acceptors (Lipinski definition) is 6. The number of likely N-dealkylation sites (tertiary alicyclic amines) is 1. The van der Waals surface area contributed by atoms with E-state index in [0.717, 1.165) is 17.3 Å². The summed E-state index contributed by atoms with van der Waals surface area (Å²) in [5, 5.41) is 12.4. The maximum absolute atomic E-state index is 12.6. The van der Waals surface area contributed by atoms with Gasteiger partial charge in [-0.05, 0) is 34.1 Å². The smallest absolute Gasteiger partial charge is 0.255 e. The largest absolute Gasteiger partial charge is 0.473 e. The van der Waals surface area contributed by atoms with Crippen LogP contribution in [0, 0.1) is 0 Å². The average Bonchev–Trinajstić information content (AvgIpc) is 3.23. The van der Waals surface area contributed by atoms with Crippen LogP contribution in [0.15, 0.2) is 53.5 Å². The molecule has 0 spiro atoms. The summed E-state index contributed by atoms with van der Waals surface area (Å²) in [6.07, 6.45) is 8.25. The zero-order valence-electron chi connectivity index (χ0n) is 14.4. The van der Waals surface area contributed by atoms with E-state index in [9.17, 15) is 4.79 Å². The first-order valence-corrected chi connectivity index (χ1v) is 9.38. The van der Waals surface area contributed by atoms with Crippen LogP contribution in [0.4, 0.5) is 0 Å². The molecule has 4 rings (SSSR count). The second kappa shape index (κ2) is 7.83. The summed E-state index contributed by atoms with van der Waals surface area (Å²) in [4.78, 5) is 18.4. The summed E-state index contributed by atoms with van der Waals surface area (Å²) in [5.41, 5.74) is 0.587. The topological polar surface area (TPSA) is 86.0 Å². The first-order valence-electron chi connectivity index (χ1n) is 8.59. The van der Waals surface area contributed by atoms with Gasteiger partial charge in [0, 0.05) is 61.3 Å². The third-order valence-electron chi connectivity index (χ3n) is 4.33. The second-order valence-electron chi connectivity index (χ2n) is 6.18. The standard InChI is InChI=1S/C18H17BrN6O2/c19-14-10-13(11-20-12-14)18(26)24-8-4-15(5-9-24)27-17-3-2-16(22-23-17)25-7-1-6-21-25/h1-3,6-7,10-12,15H,4-5,8-9H2. The van der Waals surface area contributed by atoms with Gasteiger partial charge in [-0.15, -0.1) is 10.2 Å². The molecule has 1 aliphatic rings. The molecule has 0 bridgehead atoms. The molecule has 0 unspecified atom stereocenters. The number of hydrogen-bond donors (Lipinski definition) is 0. The van der Waals surface area contributed by atoms with Crippen LogP contribution in [0.2, 0.25) is 0 Å². The van der Waals surface area contributed by atoms with Crippen molar-refractivity contribution in [2.24, 2.45) is 0 Å². The van der Waals surface area contributed by atoms with Crippen LogP contribution >= 0.6 is 15.9 Å².